The van der Waals surface area contributed by atoms with Crippen LogP contribution in [0.5, 0.6) is 0 Å². The Morgan fingerprint density at radius 3 is 2.19 bits per heavy atom. The average molecular weight is 228 g/mol. The zero-order valence-corrected chi connectivity index (χ0v) is 10.2. The van der Waals surface area contributed by atoms with Crippen LogP contribution in [0.4, 0.5) is 0 Å². The molecule has 92 valence electrons. The van der Waals surface area contributed by atoms with Gasteiger partial charge in [-0.2, -0.15) is 0 Å². The average Bonchev–Trinajstić information content (AvgIpc) is 2.23. The molecule has 0 atom stereocenters. The Morgan fingerprint density at radius 1 is 1.12 bits per heavy atom. The number of rotatable bonds is 7. The monoisotopic (exact) mass is 228 g/mol. The molecule has 0 unspecified atom stereocenters. The van der Waals surface area contributed by atoms with Crippen LogP contribution in [0.3, 0.4) is 0 Å². The largest absolute Gasteiger partial charge is 0.461 e. The van der Waals surface area contributed by atoms with Gasteiger partial charge in [0.25, 0.3) is 0 Å². The first-order chi connectivity index (χ1) is 7.57. The molecule has 0 amide bonds. The summed E-state index contributed by atoms with van der Waals surface area (Å²) in [5.74, 6) is -0.547. The van der Waals surface area contributed by atoms with Gasteiger partial charge in [-0.1, -0.05) is 20.8 Å². The van der Waals surface area contributed by atoms with Gasteiger partial charge in [0.2, 0.25) is 0 Å². The normalized spacial score (nSPS) is 10.8. The fraction of sp³-hybridized carbons (Fsp3) is 0.667. The molecule has 0 radical (unpaired) electrons. The van der Waals surface area contributed by atoms with Crippen LogP contribution in [0.25, 0.3) is 0 Å². The molecule has 0 bridgehead atoms. The Balaban J connectivity index is 3.49. The maximum atomic E-state index is 11.0. The molecule has 0 aromatic carbocycles. The van der Waals surface area contributed by atoms with E-state index in [4.69, 9.17) is 9.47 Å². The molecular formula is C12H20O4. The molecule has 0 heterocycles. The lowest BCUT2D eigenvalue weighted by Crippen LogP contribution is -2.11. The van der Waals surface area contributed by atoms with Gasteiger partial charge >= 0.3 is 11.9 Å². The molecule has 0 aromatic heterocycles. The number of esters is 2. The smallest absolute Gasteiger partial charge is 0.308 e. The van der Waals surface area contributed by atoms with Gasteiger partial charge in [0.15, 0.2) is 0 Å². The van der Waals surface area contributed by atoms with Crippen molar-refractivity contribution in [2.75, 3.05) is 13.2 Å². The van der Waals surface area contributed by atoms with E-state index < -0.39 is 0 Å². The fourth-order valence-electron chi connectivity index (χ4n) is 0.850. The standard InChI is InChI=1S/C12H20O4/c1-4-7-11(13)15-8-5-6-9-16-12(14)10(2)3/h5-6,10H,4,7-9H2,1-3H3. The Kier molecular flexibility index (Phi) is 8.21. The van der Waals surface area contributed by atoms with Crippen LogP contribution in [-0.4, -0.2) is 25.2 Å². The molecule has 0 fully saturated rings. The number of hydrogen-bond donors (Lipinski definition) is 0. The van der Waals surface area contributed by atoms with E-state index in [2.05, 4.69) is 0 Å². The molecule has 0 aliphatic carbocycles. The molecule has 0 saturated heterocycles. The number of carbonyl (C=O) groups excluding carboxylic acids is 2. The molecule has 16 heavy (non-hydrogen) atoms. The van der Waals surface area contributed by atoms with E-state index in [0.29, 0.717) is 6.42 Å². The Labute approximate surface area is 96.6 Å². The molecule has 0 aromatic rings. The summed E-state index contributed by atoms with van der Waals surface area (Å²) >= 11 is 0. The first kappa shape index (κ1) is 14.7. The van der Waals surface area contributed by atoms with Gasteiger partial charge in [-0.25, -0.2) is 0 Å². The molecule has 4 nitrogen and oxygen atoms in total. The lowest BCUT2D eigenvalue weighted by atomic mass is 10.2. The summed E-state index contributed by atoms with van der Waals surface area (Å²) in [6.07, 6.45) is 4.56. The van der Waals surface area contributed by atoms with Crippen molar-refractivity contribution in [3.63, 3.8) is 0 Å². The molecule has 0 rings (SSSR count). The van der Waals surface area contributed by atoms with Crippen LogP contribution in [0.1, 0.15) is 33.6 Å². The molecule has 0 spiro atoms. The zero-order chi connectivity index (χ0) is 12.4. The predicted molar refractivity (Wildman–Crippen MR) is 60.8 cm³/mol. The van der Waals surface area contributed by atoms with E-state index in [9.17, 15) is 9.59 Å². The second-order valence-corrected chi connectivity index (χ2v) is 3.69. The van der Waals surface area contributed by atoms with E-state index in [0.717, 1.165) is 6.42 Å². The van der Waals surface area contributed by atoms with Crippen LogP contribution < -0.4 is 0 Å². The number of carbonyl (C=O) groups is 2. The van der Waals surface area contributed by atoms with Crippen LogP contribution in [0.15, 0.2) is 12.2 Å². The minimum atomic E-state index is -0.229. The highest BCUT2D eigenvalue weighted by atomic mass is 16.5. The second kappa shape index (κ2) is 8.95. The van der Waals surface area contributed by atoms with E-state index in [1.807, 2.05) is 6.92 Å². The lowest BCUT2D eigenvalue weighted by molar-refractivity contribution is -0.146. The van der Waals surface area contributed by atoms with Crippen LogP contribution in [-0.2, 0) is 19.1 Å². The summed E-state index contributed by atoms with van der Waals surface area (Å²) in [4.78, 5) is 22.0. The van der Waals surface area contributed by atoms with Crippen LogP contribution in [0.2, 0.25) is 0 Å². The third-order valence-corrected chi connectivity index (χ3v) is 1.75. The number of ether oxygens (including phenoxy) is 2. The van der Waals surface area contributed by atoms with Gasteiger partial charge in [-0.05, 0) is 18.6 Å². The van der Waals surface area contributed by atoms with Gasteiger partial charge in [0, 0.05) is 6.42 Å². The summed E-state index contributed by atoms with van der Waals surface area (Å²) in [7, 11) is 0. The van der Waals surface area contributed by atoms with Crippen molar-refractivity contribution >= 4 is 11.9 Å². The van der Waals surface area contributed by atoms with Gasteiger partial charge in [-0.3, -0.25) is 9.59 Å². The summed E-state index contributed by atoms with van der Waals surface area (Å²) in [6.45, 7) is 5.93. The predicted octanol–water partition coefficient (Wildman–Crippen LogP) is 2.09. The lowest BCUT2D eigenvalue weighted by Gasteiger charge is -2.03. The van der Waals surface area contributed by atoms with Crippen molar-refractivity contribution < 1.29 is 19.1 Å². The van der Waals surface area contributed by atoms with Crippen molar-refractivity contribution in [3.8, 4) is 0 Å². The van der Waals surface area contributed by atoms with Gasteiger partial charge in [0.1, 0.15) is 13.2 Å². The molecule has 0 saturated carbocycles. The maximum Gasteiger partial charge on any atom is 0.308 e. The topological polar surface area (TPSA) is 52.6 Å². The van der Waals surface area contributed by atoms with Crippen LogP contribution in [0, 0.1) is 5.92 Å². The SMILES string of the molecule is CCCC(=O)OCC=CCOC(=O)C(C)C. The van der Waals surface area contributed by atoms with E-state index >= 15 is 0 Å². The second-order valence-electron chi connectivity index (χ2n) is 3.69. The number of hydrogen-bond acceptors (Lipinski definition) is 4. The third-order valence-electron chi connectivity index (χ3n) is 1.75. The van der Waals surface area contributed by atoms with Crippen molar-refractivity contribution in [1.29, 1.82) is 0 Å². The maximum absolute atomic E-state index is 11.0. The zero-order valence-electron chi connectivity index (χ0n) is 10.2. The minimum absolute atomic E-state index is 0.115. The van der Waals surface area contributed by atoms with Crippen molar-refractivity contribution in [1.82, 2.24) is 0 Å². The van der Waals surface area contributed by atoms with Crippen molar-refractivity contribution in [2.24, 2.45) is 5.92 Å². The summed E-state index contributed by atoms with van der Waals surface area (Å²) < 4.78 is 9.76. The molecule has 4 heteroatoms. The Hall–Kier alpha value is -1.32. The summed E-state index contributed by atoms with van der Waals surface area (Å²) in [5, 5.41) is 0. The summed E-state index contributed by atoms with van der Waals surface area (Å²) in [5.41, 5.74) is 0. The van der Waals surface area contributed by atoms with Crippen LogP contribution >= 0.6 is 0 Å². The van der Waals surface area contributed by atoms with E-state index in [-0.39, 0.29) is 31.1 Å². The third kappa shape index (κ3) is 8.03. The quantitative estimate of drug-likeness (QED) is 0.494. The molecule has 0 aliphatic rings. The van der Waals surface area contributed by atoms with E-state index in [1.54, 1.807) is 26.0 Å². The highest BCUT2D eigenvalue weighted by Gasteiger charge is 2.05. The highest BCUT2D eigenvalue weighted by Crippen LogP contribution is 1.95. The van der Waals surface area contributed by atoms with Crippen molar-refractivity contribution in [2.45, 2.75) is 33.6 Å². The van der Waals surface area contributed by atoms with Crippen molar-refractivity contribution in [3.05, 3.63) is 12.2 Å². The Morgan fingerprint density at radius 2 is 1.69 bits per heavy atom. The fourth-order valence-corrected chi connectivity index (χ4v) is 0.850. The Bertz CT molecular complexity index is 243. The van der Waals surface area contributed by atoms with Gasteiger partial charge < -0.3 is 9.47 Å². The van der Waals surface area contributed by atoms with E-state index in [1.165, 1.54) is 0 Å². The first-order valence-corrected chi connectivity index (χ1v) is 5.55. The minimum Gasteiger partial charge on any atom is -0.461 e. The summed E-state index contributed by atoms with van der Waals surface area (Å²) in [6, 6.07) is 0. The highest BCUT2D eigenvalue weighted by molar-refractivity contribution is 5.71. The van der Waals surface area contributed by atoms with Gasteiger partial charge in [0.05, 0.1) is 5.92 Å². The molecule has 0 aliphatic heterocycles. The molecular weight excluding hydrogens is 208 g/mol. The molecule has 0 N–H and O–H groups in total. The first-order valence-electron chi connectivity index (χ1n) is 5.55. The van der Waals surface area contributed by atoms with Gasteiger partial charge in [-0.15, -0.1) is 0 Å².